The van der Waals surface area contributed by atoms with Crippen LogP contribution in [0.2, 0.25) is 0 Å². The third-order valence-corrected chi connectivity index (χ3v) is 9.86. The average molecular weight is 688 g/mol. The summed E-state index contributed by atoms with van der Waals surface area (Å²) >= 11 is 1.49. The van der Waals surface area contributed by atoms with Crippen LogP contribution in [-0.2, 0) is 16.1 Å². The van der Waals surface area contributed by atoms with Gasteiger partial charge >= 0.3 is 6.09 Å². The number of alkyl carbamates (subject to hydrolysis) is 1. The molecule has 10 heteroatoms. The van der Waals surface area contributed by atoms with Crippen LogP contribution in [0.5, 0.6) is 5.75 Å². The molecule has 2 fully saturated rings. The summed E-state index contributed by atoms with van der Waals surface area (Å²) in [6.07, 6.45) is 7.62. The molecule has 3 aromatic rings. The van der Waals surface area contributed by atoms with Gasteiger partial charge in [-0.25, -0.2) is 9.10 Å². The number of amides is 2. The minimum atomic E-state index is -0.579. The molecule has 0 bridgehead atoms. The van der Waals surface area contributed by atoms with Crippen molar-refractivity contribution in [3.05, 3.63) is 65.2 Å². The van der Waals surface area contributed by atoms with Gasteiger partial charge in [-0.1, -0.05) is 51.8 Å². The van der Waals surface area contributed by atoms with Crippen molar-refractivity contribution >= 4 is 46.8 Å². The van der Waals surface area contributed by atoms with E-state index >= 15 is 0 Å². The maximum absolute atomic E-state index is 14.2. The summed E-state index contributed by atoms with van der Waals surface area (Å²) in [4.78, 5) is 28.3. The van der Waals surface area contributed by atoms with Crippen molar-refractivity contribution < 1.29 is 19.1 Å². The molecular weight excluding hydrogens is 635 g/mol. The highest BCUT2D eigenvalue weighted by atomic mass is 32.2. The Morgan fingerprint density at radius 1 is 1.02 bits per heavy atom. The van der Waals surface area contributed by atoms with Crippen molar-refractivity contribution in [2.75, 3.05) is 34.3 Å². The van der Waals surface area contributed by atoms with E-state index in [9.17, 15) is 9.59 Å². The van der Waals surface area contributed by atoms with E-state index < -0.39 is 11.7 Å². The van der Waals surface area contributed by atoms with E-state index in [1.54, 1.807) is 7.11 Å². The van der Waals surface area contributed by atoms with Gasteiger partial charge in [-0.3, -0.25) is 4.79 Å². The molecule has 0 unspecified atom stereocenters. The van der Waals surface area contributed by atoms with E-state index in [-0.39, 0.29) is 11.9 Å². The molecule has 264 valence electrons. The van der Waals surface area contributed by atoms with Gasteiger partial charge in [0.2, 0.25) is 0 Å². The normalized spacial score (nSPS) is 16.3. The Bertz CT molecular complexity index is 1720. The Morgan fingerprint density at radius 3 is 2.39 bits per heavy atom. The predicted molar refractivity (Wildman–Crippen MR) is 202 cm³/mol. The van der Waals surface area contributed by atoms with Crippen molar-refractivity contribution in [3.63, 3.8) is 0 Å². The van der Waals surface area contributed by atoms with Crippen LogP contribution in [0.3, 0.4) is 0 Å². The lowest BCUT2D eigenvalue weighted by molar-refractivity contribution is -0.132. The minimum Gasteiger partial charge on any atom is -0.497 e. The second-order valence-electron chi connectivity index (χ2n) is 14.1. The van der Waals surface area contributed by atoms with E-state index in [4.69, 9.17) is 9.47 Å². The first kappa shape index (κ1) is 36.4. The molecule has 3 heterocycles. The maximum Gasteiger partial charge on any atom is 0.407 e. The molecule has 2 aromatic carbocycles. The molecule has 1 saturated carbocycles. The highest BCUT2D eigenvalue weighted by Crippen LogP contribution is 2.47. The largest absolute Gasteiger partial charge is 0.497 e. The number of rotatable bonds is 8. The maximum atomic E-state index is 14.2. The van der Waals surface area contributed by atoms with Gasteiger partial charge in [-0.2, -0.15) is 0 Å². The highest BCUT2D eigenvalue weighted by molar-refractivity contribution is 7.95. The van der Waals surface area contributed by atoms with Crippen molar-refractivity contribution in [3.8, 4) is 17.0 Å². The molecule has 49 heavy (non-hydrogen) atoms. The number of carbonyl (C=O) groups is 2. The third kappa shape index (κ3) is 8.13. The second kappa shape index (κ2) is 15.3. The Hall–Kier alpha value is -3.89. The van der Waals surface area contributed by atoms with E-state index in [2.05, 4.69) is 45.5 Å². The summed E-state index contributed by atoms with van der Waals surface area (Å²) in [5.41, 5.74) is 7.72. The molecular formula is C39H53N5O4S. The number of methoxy groups -OCH3 is 1. The summed E-state index contributed by atoms with van der Waals surface area (Å²) in [6.45, 7) is 15.2. The van der Waals surface area contributed by atoms with Crippen molar-refractivity contribution in [1.82, 2.24) is 23.8 Å². The first-order valence-electron chi connectivity index (χ1n) is 17.6. The van der Waals surface area contributed by atoms with Crippen molar-refractivity contribution in [1.29, 1.82) is 0 Å². The van der Waals surface area contributed by atoms with Gasteiger partial charge in [0.25, 0.3) is 5.91 Å². The number of aromatic nitrogens is 1. The molecule has 1 saturated heterocycles. The van der Waals surface area contributed by atoms with Gasteiger partial charge < -0.3 is 29.0 Å². The second-order valence-corrected chi connectivity index (χ2v) is 15.2. The third-order valence-electron chi connectivity index (χ3n) is 9.15. The fraction of sp³-hybridized carbons (Fsp3) is 0.487. The lowest BCUT2D eigenvalue weighted by Crippen LogP contribution is -2.61. The predicted octanol–water partition coefficient (Wildman–Crippen LogP) is 8.21. The molecule has 0 radical (unpaired) electrons. The van der Waals surface area contributed by atoms with Gasteiger partial charge in [0.15, 0.2) is 0 Å². The molecule has 0 spiro atoms. The summed E-state index contributed by atoms with van der Waals surface area (Å²) in [7, 11) is 5.65. The van der Waals surface area contributed by atoms with Crippen LogP contribution in [0.4, 0.5) is 4.79 Å². The SMILES string of the molecule is C=C(NSN(C)C)c1ccc2c(C3CCCCC3)c3n(c2c1)CC(C(=O)N1CC(NC(=O)OC(C)(C)C)C1)=Cc1cc(OC)ccc1-3.CC. The standard InChI is InChI=1S/C37H47N5O4S.C2H6/c1-23(39-47-40(5)6)25-13-15-31-32(19-25)42-20-27(35(43)41-21-28(22-41)38-36(44)46-37(2,3)4)17-26-18-29(45-7)14-16-30(26)34(42)33(31)24-11-9-8-10-12-24;1-2/h13-19,24,28,39H,1,8-12,20-22H2,2-7H3,(H,38,44);1-2H3. The summed E-state index contributed by atoms with van der Waals surface area (Å²) in [5.74, 6) is 1.17. The number of fused-ring (bicyclic) bond motifs is 5. The molecule has 2 aliphatic heterocycles. The summed E-state index contributed by atoms with van der Waals surface area (Å²) in [6, 6.07) is 12.7. The molecule has 6 rings (SSSR count). The molecule has 3 aliphatic rings. The van der Waals surface area contributed by atoms with E-state index in [0.717, 1.165) is 46.5 Å². The quantitative estimate of drug-likeness (QED) is 0.231. The Balaban J connectivity index is 0.00000230. The van der Waals surface area contributed by atoms with Crippen LogP contribution in [0, 0.1) is 0 Å². The molecule has 2 amide bonds. The fourth-order valence-electron chi connectivity index (χ4n) is 6.98. The number of carbonyl (C=O) groups excluding carboxylic acids is 2. The lowest BCUT2D eigenvalue weighted by Gasteiger charge is -2.40. The molecule has 0 atom stereocenters. The number of hydrogen-bond acceptors (Lipinski definition) is 7. The van der Waals surface area contributed by atoms with Crippen molar-refractivity contribution in [2.45, 2.75) is 90.8 Å². The topological polar surface area (TPSA) is 88.1 Å². The zero-order valence-electron chi connectivity index (χ0n) is 30.4. The minimum absolute atomic E-state index is 0.0282. The van der Waals surface area contributed by atoms with Gasteiger partial charge in [0.05, 0.1) is 25.4 Å². The molecule has 1 aliphatic carbocycles. The zero-order valence-corrected chi connectivity index (χ0v) is 31.3. The van der Waals surface area contributed by atoms with Crippen LogP contribution < -0.4 is 14.8 Å². The fourth-order valence-corrected chi connectivity index (χ4v) is 7.39. The molecule has 2 N–H and O–H groups in total. The van der Waals surface area contributed by atoms with Crippen LogP contribution in [0.25, 0.3) is 33.9 Å². The molecule has 1 aromatic heterocycles. The number of benzene rings is 2. The average Bonchev–Trinajstić information content (AvgIpc) is 3.27. The zero-order chi connectivity index (χ0) is 35.5. The van der Waals surface area contributed by atoms with E-state index in [0.29, 0.717) is 31.1 Å². The Morgan fingerprint density at radius 2 is 1.73 bits per heavy atom. The Kier molecular flexibility index (Phi) is 11.4. The first-order valence-corrected chi connectivity index (χ1v) is 18.3. The molecule has 9 nitrogen and oxygen atoms in total. The van der Waals surface area contributed by atoms with Gasteiger partial charge in [0.1, 0.15) is 11.4 Å². The van der Waals surface area contributed by atoms with Crippen LogP contribution >= 0.6 is 12.1 Å². The lowest BCUT2D eigenvalue weighted by atomic mass is 9.81. The van der Waals surface area contributed by atoms with Crippen LogP contribution in [0.15, 0.2) is 48.6 Å². The number of likely N-dealkylation sites (tertiary alicyclic amines) is 1. The van der Waals surface area contributed by atoms with E-state index in [1.165, 1.54) is 48.0 Å². The first-order chi connectivity index (χ1) is 23.4. The highest BCUT2D eigenvalue weighted by Gasteiger charge is 2.36. The van der Waals surface area contributed by atoms with Gasteiger partial charge in [-0.15, -0.1) is 0 Å². The van der Waals surface area contributed by atoms with Crippen LogP contribution in [-0.4, -0.2) is 71.7 Å². The number of ether oxygens (including phenoxy) is 2. The number of hydrogen-bond donors (Lipinski definition) is 2. The smallest absolute Gasteiger partial charge is 0.407 e. The van der Waals surface area contributed by atoms with Crippen LogP contribution in [0.1, 0.15) is 89.3 Å². The van der Waals surface area contributed by atoms with Gasteiger partial charge in [0, 0.05) is 53.0 Å². The summed E-state index contributed by atoms with van der Waals surface area (Å²) in [5, 5.41) is 4.14. The van der Waals surface area contributed by atoms with Crippen molar-refractivity contribution in [2.24, 2.45) is 0 Å². The summed E-state index contributed by atoms with van der Waals surface area (Å²) < 4.78 is 18.8. The monoisotopic (exact) mass is 687 g/mol. The number of nitrogens with one attached hydrogen (secondary N) is 2. The van der Waals surface area contributed by atoms with Gasteiger partial charge in [-0.05, 0) is 101 Å². The van der Waals surface area contributed by atoms with E-state index in [1.807, 2.05) is 76.1 Å². The number of nitrogens with zero attached hydrogens (tertiary/aromatic N) is 3. The Labute approximate surface area is 296 Å².